The van der Waals surface area contributed by atoms with Crippen LogP contribution < -0.4 is 0 Å². The molecule has 112 valence electrons. The Kier molecular flexibility index (Phi) is 7.05. The predicted octanol–water partition coefficient (Wildman–Crippen LogP) is 3.52. The second-order valence-electron chi connectivity index (χ2n) is 5.04. The van der Waals surface area contributed by atoms with Crippen LogP contribution in [0.2, 0.25) is 0 Å². The van der Waals surface area contributed by atoms with E-state index in [9.17, 15) is 9.59 Å². The fourth-order valence-corrected chi connectivity index (χ4v) is 2.29. The number of cyclic esters (lactones) is 1. The summed E-state index contributed by atoms with van der Waals surface area (Å²) in [5.41, 5.74) is 0.464. The molecule has 4 nitrogen and oxygen atoms in total. The second kappa shape index (κ2) is 8.56. The average molecular weight is 280 g/mol. The summed E-state index contributed by atoms with van der Waals surface area (Å²) in [6.45, 7) is 7.50. The molecule has 0 aromatic rings. The van der Waals surface area contributed by atoms with Gasteiger partial charge in [0.2, 0.25) is 0 Å². The van der Waals surface area contributed by atoms with Crippen LogP contribution in [0.15, 0.2) is 24.0 Å². The third-order valence-electron chi connectivity index (χ3n) is 3.34. The Labute approximate surface area is 120 Å². The molecule has 1 rings (SSSR count). The largest absolute Gasteiger partial charge is 0.461 e. The summed E-state index contributed by atoms with van der Waals surface area (Å²) in [6, 6.07) is 0. The minimum absolute atomic E-state index is 0.174. The van der Waals surface area contributed by atoms with Crippen LogP contribution in [0, 0.1) is 5.92 Å². The van der Waals surface area contributed by atoms with Gasteiger partial charge in [0.05, 0.1) is 5.57 Å². The van der Waals surface area contributed by atoms with Gasteiger partial charge < -0.3 is 9.47 Å². The average Bonchev–Trinajstić information content (AvgIpc) is 2.78. The first-order valence-electron chi connectivity index (χ1n) is 7.31. The number of hydrogen-bond donors (Lipinski definition) is 0. The molecular weight excluding hydrogens is 256 g/mol. The maximum atomic E-state index is 11.8. The van der Waals surface area contributed by atoms with E-state index >= 15 is 0 Å². The van der Waals surface area contributed by atoms with Crippen LogP contribution in [0.3, 0.4) is 0 Å². The van der Waals surface area contributed by atoms with Gasteiger partial charge in [-0.15, -0.1) is 6.58 Å². The summed E-state index contributed by atoms with van der Waals surface area (Å²) in [5.74, 6) is -0.503. The van der Waals surface area contributed by atoms with Gasteiger partial charge >= 0.3 is 11.9 Å². The van der Waals surface area contributed by atoms with E-state index in [4.69, 9.17) is 9.47 Å². The number of rotatable bonds is 8. The topological polar surface area (TPSA) is 52.6 Å². The number of esters is 2. The standard InChI is InChI=1S/C16H24O4/c1-4-6-7-8-9-10-14(20-12(3)17)15-13(5-2)11-19-16(15)18/h5,13H,2,4,6-11H2,1,3H3/b15-14-. The highest BCUT2D eigenvalue weighted by Crippen LogP contribution is 2.29. The van der Waals surface area contributed by atoms with Gasteiger partial charge in [0.15, 0.2) is 0 Å². The van der Waals surface area contributed by atoms with E-state index < -0.39 is 5.97 Å². The molecule has 0 aliphatic carbocycles. The van der Waals surface area contributed by atoms with Gasteiger partial charge in [-0.3, -0.25) is 4.79 Å². The van der Waals surface area contributed by atoms with Crippen molar-refractivity contribution in [2.24, 2.45) is 5.92 Å². The highest BCUT2D eigenvalue weighted by molar-refractivity contribution is 5.92. The van der Waals surface area contributed by atoms with Crippen LogP contribution >= 0.6 is 0 Å². The third kappa shape index (κ3) is 4.83. The van der Waals surface area contributed by atoms with Crippen LogP contribution in [0.25, 0.3) is 0 Å². The molecule has 0 saturated carbocycles. The van der Waals surface area contributed by atoms with Gasteiger partial charge in [0.25, 0.3) is 0 Å². The lowest BCUT2D eigenvalue weighted by molar-refractivity contribution is -0.137. The molecular formula is C16H24O4. The zero-order chi connectivity index (χ0) is 15.0. The van der Waals surface area contributed by atoms with Crippen molar-refractivity contribution in [2.45, 2.75) is 52.4 Å². The van der Waals surface area contributed by atoms with Crippen LogP contribution in [0.1, 0.15) is 52.4 Å². The molecule has 0 N–H and O–H groups in total. The summed E-state index contributed by atoms with van der Waals surface area (Å²) in [6.07, 6.45) is 7.79. The summed E-state index contributed by atoms with van der Waals surface area (Å²) in [4.78, 5) is 23.0. The monoisotopic (exact) mass is 280 g/mol. The Morgan fingerprint density at radius 2 is 2.10 bits per heavy atom. The molecule has 0 amide bonds. The quantitative estimate of drug-likeness (QED) is 0.224. The van der Waals surface area contributed by atoms with Gasteiger partial charge in [-0.2, -0.15) is 0 Å². The molecule has 0 aromatic carbocycles. The van der Waals surface area contributed by atoms with Gasteiger partial charge in [0, 0.05) is 19.3 Å². The Hall–Kier alpha value is -1.58. The maximum absolute atomic E-state index is 11.8. The number of hydrogen-bond acceptors (Lipinski definition) is 4. The molecule has 1 saturated heterocycles. The van der Waals surface area contributed by atoms with Crippen LogP contribution in [-0.2, 0) is 19.1 Å². The highest BCUT2D eigenvalue weighted by atomic mass is 16.6. The normalized spacial score (nSPS) is 20.5. The van der Waals surface area contributed by atoms with Crippen molar-refractivity contribution in [3.63, 3.8) is 0 Å². The Morgan fingerprint density at radius 1 is 1.40 bits per heavy atom. The van der Waals surface area contributed by atoms with Crippen molar-refractivity contribution in [3.8, 4) is 0 Å². The fourth-order valence-electron chi connectivity index (χ4n) is 2.29. The van der Waals surface area contributed by atoms with Crippen molar-refractivity contribution < 1.29 is 19.1 Å². The number of allylic oxidation sites excluding steroid dienone is 1. The summed E-state index contributed by atoms with van der Waals surface area (Å²) in [5, 5.41) is 0. The predicted molar refractivity (Wildman–Crippen MR) is 76.8 cm³/mol. The minimum atomic E-state index is -0.399. The molecule has 1 atom stereocenters. The zero-order valence-electron chi connectivity index (χ0n) is 12.4. The molecule has 1 unspecified atom stereocenters. The number of ether oxygens (including phenoxy) is 2. The lowest BCUT2D eigenvalue weighted by Crippen LogP contribution is -2.10. The molecule has 0 spiro atoms. The second-order valence-corrected chi connectivity index (χ2v) is 5.04. The van der Waals surface area contributed by atoms with E-state index in [0.29, 0.717) is 17.8 Å². The third-order valence-corrected chi connectivity index (χ3v) is 3.34. The van der Waals surface area contributed by atoms with Gasteiger partial charge in [-0.05, 0) is 6.42 Å². The lowest BCUT2D eigenvalue weighted by atomic mass is 9.98. The molecule has 20 heavy (non-hydrogen) atoms. The summed E-state index contributed by atoms with van der Waals surface area (Å²) < 4.78 is 10.3. The molecule has 0 radical (unpaired) electrons. The molecule has 1 aliphatic heterocycles. The fraction of sp³-hybridized carbons (Fsp3) is 0.625. The number of carbonyl (C=O) groups is 2. The van der Waals surface area contributed by atoms with Gasteiger partial charge in [0.1, 0.15) is 12.4 Å². The summed E-state index contributed by atoms with van der Waals surface area (Å²) in [7, 11) is 0. The molecule has 1 fully saturated rings. The van der Waals surface area contributed by atoms with Crippen LogP contribution in [0.4, 0.5) is 0 Å². The Morgan fingerprint density at radius 3 is 2.70 bits per heavy atom. The zero-order valence-corrected chi connectivity index (χ0v) is 12.4. The highest BCUT2D eigenvalue weighted by Gasteiger charge is 2.32. The van der Waals surface area contributed by atoms with Crippen molar-refractivity contribution in [2.75, 3.05) is 6.61 Å². The lowest BCUT2D eigenvalue weighted by Gasteiger charge is -2.11. The van der Waals surface area contributed by atoms with E-state index in [1.54, 1.807) is 6.08 Å². The Balaban J connectivity index is 2.74. The molecule has 0 aromatic heterocycles. The molecule has 1 heterocycles. The van der Waals surface area contributed by atoms with Crippen molar-refractivity contribution >= 4 is 11.9 Å². The molecule has 4 heteroatoms. The van der Waals surface area contributed by atoms with E-state index in [1.807, 2.05) is 0 Å². The van der Waals surface area contributed by atoms with Gasteiger partial charge in [-0.1, -0.05) is 38.7 Å². The maximum Gasteiger partial charge on any atom is 0.338 e. The van der Waals surface area contributed by atoms with E-state index in [2.05, 4.69) is 13.5 Å². The summed E-state index contributed by atoms with van der Waals surface area (Å²) >= 11 is 0. The first-order chi connectivity index (χ1) is 9.60. The van der Waals surface area contributed by atoms with Crippen LogP contribution in [0.5, 0.6) is 0 Å². The van der Waals surface area contributed by atoms with Gasteiger partial charge in [-0.25, -0.2) is 4.79 Å². The van der Waals surface area contributed by atoms with Crippen LogP contribution in [-0.4, -0.2) is 18.5 Å². The SMILES string of the molecule is C=CC1COC(=O)/C1=C(/CCCCCCC)OC(C)=O. The van der Waals surface area contributed by atoms with Crippen molar-refractivity contribution in [3.05, 3.63) is 24.0 Å². The Bertz CT molecular complexity index is 395. The molecule has 0 bridgehead atoms. The van der Waals surface area contributed by atoms with E-state index in [0.717, 1.165) is 19.3 Å². The first-order valence-corrected chi connectivity index (χ1v) is 7.31. The first kappa shape index (κ1) is 16.5. The van der Waals surface area contributed by atoms with E-state index in [1.165, 1.54) is 19.8 Å². The minimum Gasteiger partial charge on any atom is -0.461 e. The molecule has 1 aliphatic rings. The van der Waals surface area contributed by atoms with Crippen molar-refractivity contribution in [1.82, 2.24) is 0 Å². The smallest absolute Gasteiger partial charge is 0.338 e. The van der Waals surface area contributed by atoms with Crippen molar-refractivity contribution in [1.29, 1.82) is 0 Å². The number of unbranched alkanes of at least 4 members (excludes halogenated alkanes) is 4. The van der Waals surface area contributed by atoms with E-state index in [-0.39, 0.29) is 18.5 Å². The number of carbonyl (C=O) groups excluding carboxylic acids is 2.